The normalized spacial score (nSPS) is 13.3. The Hall–Kier alpha value is -0.160. The third-order valence-electron chi connectivity index (χ3n) is 9.35. The van der Waals surface area contributed by atoms with Crippen molar-refractivity contribution in [3.63, 3.8) is 0 Å². The van der Waals surface area contributed by atoms with Gasteiger partial charge in [0.15, 0.2) is 0 Å². The van der Waals surface area contributed by atoms with Crippen molar-refractivity contribution in [2.45, 2.75) is 206 Å². The number of hydrogen-bond acceptors (Lipinski definition) is 4. The van der Waals surface area contributed by atoms with Crippen LogP contribution in [0, 0.1) is 5.41 Å². The lowest BCUT2D eigenvalue weighted by atomic mass is 9.63. The molecule has 0 saturated carbocycles. The van der Waals surface area contributed by atoms with Gasteiger partial charge in [0.2, 0.25) is 0 Å². The Balaban J connectivity index is 4.98. The Morgan fingerprint density at radius 3 is 1.03 bits per heavy atom. The predicted octanol–water partition coefficient (Wildman–Crippen LogP) is 9.64. The van der Waals surface area contributed by atoms with Crippen LogP contribution in [0.5, 0.6) is 0 Å². The van der Waals surface area contributed by atoms with Crippen molar-refractivity contribution < 1.29 is 20.4 Å². The number of aliphatic hydroxyl groups is 4. The lowest BCUT2D eigenvalue weighted by Crippen LogP contribution is -2.59. The fourth-order valence-electron chi connectivity index (χ4n) is 6.34. The molecule has 0 spiro atoms. The topological polar surface area (TPSA) is 80.9 Å². The molecule has 0 aromatic rings. The first-order chi connectivity index (χ1) is 19.0. The van der Waals surface area contributed by atoms with E-state index in [4.69, 9.17) is 0 Å². The zero-order valence-corrected chi connectivity index (χ0v) is 26.9. The molecule has 0 saturated heterocycles. The van der Waals surface area contributed by atoms with E-state index in [9.17, 15) is 20.4 Å². The van der Waals surface area contributed by atoms with Gasteiger partial charge in [-0.15, -0.1) is 0 Å². The van der Waals surface area contributed by atoms with E-state index in [2.05, 4.69) is 20.8 Å². The summed E-state index contributed by atoms with van der Waals surface area (Å²) in [4.78, 5) is 0. The van der Waals surface area contributed by atoms with Crippen LogP contribution in [0.15, 0.2) is 0 Å². The Morgan fingerprint density at radius 2 is 0.718 bits per heavy atom. The van der Waals surface area contributed by atoms with Crippen molar-refractivity contribution in [2.75, 3.05) is 13.2 Å². The maximum absolute atomic E-state index is 12.1. The number of unbranched alkanes of at least 4 members (excludes halogenated alkanes) is 21. The van der Waals surface area contributed by atoms with Crippen molar-refractivity contribution in [3.8, 4) is 0 Å². The van der Waals surface area contributed by atoms with Crippen LogP contribution in [0.2, 0.25) is 0 Å². The van der Waals surface area contributed by atoms with Crippen molar-refractivity contribution in [2.24, 2.45) is 5.41 Å². The third-order valence-corrected chi connectivity index (χ3v) is 9.35. The van der Waals surface area contributed by atoms with E-state index in [1.165, 1.54) is 116 Å². The average molecular weight is 557 g/mol. The summed E-state index contributed by atoms with van der Waals surface area (Å²) in [6, 6.07) is 0. The van der Waals surface area contributed by atoms with E-state index in [1.54, 1.807) is 0 Å². The Kier molecular flexibility index (Phi) is 26.6. The van der Waals surface area contributed by atoms with Gasteiger partial charge in [0.25, 0.3) is 0 Å². The Labute approximate surface area is 244 Å². The maximum Gasteiger partial charge on any atom is 0.0772 e. The summed E-state index contributed by atoms with van der Waals surface area (Å²) in [5.74, 6) is 0. The van der Waals surface area contributed by atoms with Gasteiger partial charge in [-0.05, 0) is 19.3 Å². The third kappa shape index (κ3) is 17.4. The molecule has 0 aliphatic heterocycles. The highest BCUT2D eigenvalue weighted by Crippen LogP contribution is 2.43. The van der Waals surface area contributed by atoms with Crippen molar-refractivity contribution in [3.05, 3.63) is 0 Å². The van der Waals surface area contributed by atoms with E-state index in [0.29, 0.717) is 19.3 Å². The Morgan fingerprint density at radius 1 is 0.436 bits per heavy atom. The summed E-state index contributed by atoms with van der Waals surface area (Å²) in [7, 11) is 0. The van der Waals surface area contributed by atoms with Crippen LogP contribution in [-0.2, 0) is 0 Å². The summed E-state index contributed by atoms with van der Waals surface area (Å²) in [5.41, 5.74) is -2.49. The molecule has 1 atom stereocenters. The molecule has 0 aliphatic carbocycles. The van der Waals surface area contributed by atoms with Crippen molar-refractivity contribution in [1.29, 1.82) is 0 Å². The minimum atomic E-state index is -1.25. The second-order valence-corrected chi connectivity index (χ2v) is 12.7. The first kappa shape index (κ1) is 38.8. The van der Waals surface area contributed by atoms with E-state index in [-0.39, 0.29) is 13.2 Å². The molecule has 39 heavy (non-hydrogen) atoms. The molecule has 0 aromatic heterocycles. The second kappa shape index (κ2) is 26.7. The molecule has 1 unspecified atom stereocenters. The molecule has 0 rings (SSSR count). The standard InChI is InChI=1S/C35H72O4/c1-4-7-10-13-16-19-22-25-28-33(38)34(31-36,32-37)35(39,29-26-23-20-17-14-11-8-5-2)30-27-24-21-18-15-12-9-6-3/h33,36-39H,4-32H2,1-3H3. The van der Waals surface area contributed by atoms with Gasteiger partial charge >= 0.3 is 0 Å². The smallest absolute Gasteiger partial charge is 0.0772 e. The zero-order chi connectivity index (χ0) is 29.1. The lowest BCUT2D eigenvalue weighted by molar-refractivity contribution is -0.193. The van der Waals surface area contributed by atoms with Gasteiger partial charge in [-0.25, -0.2) is 0 Å². The van der Waals surface area contributed by atoms with E-state index >= 15 is 0 Å². The predicted molar refractivity (Wildman–Crippen MR) is 169 cm³/mol. The molecule has 4 heteroatoms. The molecule has 0 radical (unpaired) electrons. The van der Waals surface area contributed by atoms with Crippen LogP contribution < -0.4 is 0 Å². The maximum atomic E-state index is 12.1. The van der Waals surface area contributed by atoms with Gasteiger partial charge in [-0.3, -0.25) is 0 Å². The highest BCUT2D eigenvalue weighted by molar-refractivity contribution is 5.02. The summed E-state index contributed by atoms with van der Waals surface area (Å²) in [6.07, 6.45) is 29.3. The minimum absolute atomic E-state index is 0.369. The molecule has 0 aliphatic rings. The van der Waals surface area contributed by atoms with Gasteiger partial charge in [-0.1, -0.05) is 175 Å². The number of rotatable bonds is 31. The molecule has 0 aromatic carbocycles. The first-order valence-corrected chi connectivity index (χ1v) is 17.6. The number of hydrogen-bond donors (Lipinski definition) is 4. The van der Waals surface area contributed by atoms with Crippen LogP contribution in [0.3, 0.4) is 0 Å². The average Bonchev–Trinajstić information content (AvgIpc) is 2.94. The van der Waals surface area contributed by atoms with Gasteiger partial charge in [-0.2, -0.15) is 0 Å². The highest BCUT2D eigenvalue weighted by atomic mass is 16.3. The van der Waals surface area contributed by atoms with Crippen molar-refractivity contribution in [1.82, 2.24) is 0 Å². The molecule has 0 amide bonds. The lowest BCUT2D eigenvalue weighted by Gasteiger charge is -2.48. The fraction of sp³-hybridized carbons (Fsp3) is 1.00. The van der Waals surface area contributed by atoms with Crippen LogP contribution >= 0.6 is 0 Å². The van der Waals surface area contributed by atoms with Crippen LogP contribution in [0.4, 0.5) is 0 Å². The molecule has 0 heterocycles. The SMILES string of the molecule is CCCCCCCCCCC(O)C(CO)(CO)C(O)(CCCCCCCCCC)CCCCCCCCCC. The molecular weight excluding hydrogens is 484 g/mol. The van der Waals surface area contributed by atoms with Gasteiger partial charge < -0.3 is 20.4 Å². The fourth-order valence-corrected chi connectivity index (χ4v) is 6.34. The molecule has 0 fully saturated rings. The monoisotopic (exact) mass is 557 g/mol. The Bertz CT molecular complexity index is 471. The largest absolute Gasteiger partial charge is 0.395 e. The first-order valence-electron chi connectivity index (χ1n) is 17.6. The molecular formula is C35H72O4. The van der Waals surface area contributed by atoms with Gasteiger partial charge in [0.05, 0.1) is 30.3 Å². The molecule has 0 bridgehead atoms. The zero-order valence-electron chi connectivity index (χ0n) is 26.9. The molecule has 4 N–H and O–H groups in total. The van der Waals surface area contributed by atoms with Crippen LogP contribution in [0.25, 0.3) is 0 Å². The van der Waals surface area contributed by atoms with Gasteiger partial charge in [0, 0.05) is 0 Å². The quantitative estimate of drug-likeness (QED) is 0.0641. The van der Waals surface area contributed by atoms with E-state index in [1.807, 2.05) is 0 Å². The molecule has 236 valence electrons. The summed E-state index contributed by atoms with van der Waals surface area (Å²) in [5, 5.41) is 44.6. The van der Waals surface area contributed by atoms with Crippen molar-refractivity contribution >= 4 is 0 Å². The summed E-state index contributed by atoms with van der Waals surface area (Å²) >= 11 is 0. The molecule has 4 nitrogen and oxygen atoms in total. The van der Waals surface area contributed by atoms with Crippen LogP contribution in [0.1, 0.15) is 194 Å². The highest BCUT2D eigenvalue weighted by Gasteiger charge is 2.53. The summed E-state index contributed by atoms with van der Waals surface area (Å²) in [6.45, 7) is 5.98. The van der Waals surface area contributed by atoms with E-state index in [0.717, 1.165) is 38.5 Å². The van der Waals surface area contributed by atoms with Crippen LogP contribution in [-0.4, -0.2) is 45.3 Å². The van der Waals surface area contributed by atoms with E-state index < -0.39 is 17.1 Å². The minimum Gasteiger partial charge on any atom is -0.395 e. The number of aliphatic hydroxyl groups excluding tert-OH is 3. The van der Waals surface area contributed by atoms with Gasteiger partial charge in [0.1, 0.15) is 0 Å². The second-order valence-electron chi connectivity index (χ2n) is 12.7. The summed E-state index contributed by atoms with van der Waals surface area (Å²) < 4.78 is 0.